The number of sulfonamides is 1. The quantitative estimate of drug-likeness (QED) is 0.497. The Kier molecular flexibility index (Phi) is 6.10. The predicted octanol–water partition coefficient (Wildman–Crippen LogP) is 2.74. The van der Waals surface area contributed by atoms with Crippen molar-refractivity contribution in [1.29, 1.82) is 5.26 Å². The second-order valence-electron chi connectivity index (χ2n) is 6.36. The monoisotopic (exact) mass is 464 g/mol. The van der Waals surface area contributed by atoms with Gasteiger partial charge >= 0.3 is 0 Å². The topological polar surface area (TPSA) is 108 Å². The highest BCUT2D eigenvalue weighted by Crippen LogP contribution is 2.30. The largest absolute Gasteiger partial charge is 0.296 e. The highest BCUT2D eigenvalue weighted by atomic mass is 79.9. The van der Waals surface area contributed by atoms with E-state index in [4.69, 9.17) is 5.26 Å². The molecule has 2 aromatic rings. The molecule has 1 saturated heterocycles. The van der Waals surface area contributed by atoms with E-state index in [-0.39, 0.29) is 18.0 Å². The molecule has 3 rings (SSSR count). The zero-order chi connectivity index (χ0) is 20.3. The number of halogens is 1. The molecule has 0 aromatic heterocycles. The van der Waals surface area contributed by atoms with E-state index in [9.17, 15) is 18.5 Å². The van der Waals surface area contributed by atoms with Crippen LogP contribution < -0.4 is 0 Å². The van der Waals surface area contributed by atoms with Crippen LogP contribution in [-0.4, -0.2) is 48.7 Å². The van der Waals surface area contributed by atoms with Crippen molar-refractivity contribution in [2.24, 2.45) is 0 Å². The van der Waals surface area contributed by atoms with Gasteiger partial charge in [-0.1, -0.05) is 28.1 Å². The van der Waals surface area contributed by atoms with Crippen LogP contribution in [0.5, 0.6) is 0 Å². The van der Waals surface area contributed by atoms with Gasteiger partial charge in [0.05, 0.1) is 16.6 Å². The SMILES string of the molecule is N#Cc1ccc(CN2CCN(S(=O)(=O)c3ccc(Br)cc3[N+](=O)[O-])CC2)cc1. The van der Waals surface area contributed by atoms with E-state index in [2.05, 4.69) is 26.9 Å². The van der Waals surface area contributed by atoms with Gasteiger partial charge in [-0.25, -0.2) is 8.42 Å². The van der Waals surface area contributed by atoms with E-state index in [0.717, 1.165) is 5.56 Å². The Morgan fingerprint density at radius 1 is 1.11 bits per heavy atom. The summed E-state index contributed by atoms with van der Waals surface area (Å²) in [6, 6.07) is 13.3. The number of benzene rings is 2. The second kappa shape index (κ2) is 8.36. The van der Waals surface area contributed by atoms with Gasteiger partial charge in [0, 0.05) is 43.3 Å². The Hall–Kier alpha value is -2.32. The van der Waals surface area contributed by atoms with Gasteiger partial charge in [0.25, 0.3) is 5.69 Å². The van der Waals surface area contributed by atoms with Crippen LogP contribution in [-0.2, 0) is 16.6 Å². The molecule has 1 aliphatic rings. The first kappa shape index (κ1) is 20.4. The van der Waals surface area contributed by atoms with E-state index in [1.807, 2.05) is 12.1 Å². The first-order chi connectivity index (χ1) is 13.3. The number of hydrogen-bond acceptors (Lipinski definition) is 6. The van der Waals surface area contributed by atoms with Gasteiger partial charge in [-0.2, -0.15) is 9.57 Å². The summed E-state index contributed by atoms with van der Waals surface area (Å²) in [5, 5.41) is 20.1. The minimum atomic E-state index is -3.95. The van der Waals surface area contributed by atoms with Crippen LogP contribution in [0.1, 0.15) is 11.1 Å². The van der Waals surface area contributed by atoms with Gasteiger partial charge in [-0.3, -0.25) is 15.0 Å². The molecule has 0 saturated carbocycles. The van der Waals surface area contributed by atoms with E-state index >= 15 is 0 Å². The maximum atomic E-state index is 12.9. The van der Waals surface area contributed by atoms with Crippen molar-refractivity contribution in [3.05, 3.63) is 68.2 Å². The highest BCUT2D eigenvalue weighted by molar-refractivity contribution is 9.10. The van der Waals surface area contributed by atoms with E-state index in [0.29, 0.717) is 29.7 Å². The minimum absolute atomic E-state index is 0.256. The third-order valence-electron chi connectivity index (χ3n) is 4.56. The summed E-state index contributed by atoms with van der Waals surface area (Å²) < 4.78 is 27.6. The van der Waals surface area contributed by atoms with E-state index in [1.165, 1.54) is 22.5 Å². The molecule has 2 aromatic carbocycles. The van der Waals surface area contributed by atoms with Gasteiger partial charge in [0.1, 0.15) is 0 Å². The third-order valence-corrected chi connectivity index (χ3v) is 7.00. The Bertz CT molecular complexity index is 1030. The normalized spacial score (nSPS) is 15.9. The summed E-state index contributed by atoms with van der Waals surface area (Å²) in [6.45, 7) is 2.20. The van der Waals surface area contributed by atoms with Crippen molar-refractivity contribution < 1.29 is 13.3 Å². The van der Waals surface area contributed by atoms with Crippen LogP contribution in [0.3, 0.4) is 0 Å². The Balaban J connectivity index is 1.70. The Labute approximate surface area is 171 Å². The highest BCUT2D eigenvalue weighted by Gasteiger charge is 2.33. The number of nitrogens with zero attached hydrogens (tertiary/aromatic N) is 4. The molecule has 0 bridgehead atoms. The second-order valence-corrected chi connectivity index (χ2v) is 9.18. The molecule has 1 aliphatic heterocycles. The van der Waals surface area contributed by atoms with Crippen LogP contribution in [0.2, 0.25) is 0 Å². The van der Waals surface area contributed by atoms with Gasteiger partial charge in [-0.15, -0.1) is 0 Å². The molecule has 1 heterocycles. The zero-order valence-electron chi connectivity index (χ0n) is 14.8. The first-order valence-corrected chi connectivity index (χ1v) is 10.7. The van der Waals surface area contributed by atoms with Crippen LogP contribution in [0.25, 0.3) is 0 Å². The minimum Gasteiger partial charge on any atom is -0.296 e. The maximum absolute atomic E-state index is 12.9. The fourth-order valence-electron chi connectivity index (χ4n) is 3.06. The molecule has 0 N–H and O–H groups in total. The van der Waals surface area contributed by atoms with Crippen molar-refractivity contribution in [3.8, 4) is 6.07 Å². The maximum Gasteiger partial charge on any atom is 0.290 e. The van der Waals surface area contributed by atoms with Crippen molar-refractivity contribution in [1.82, 2.24) is 9.21 Å². The van der Waals surface area contributed by atoms with Gasteiger partial charge in [0.15, 0.2) is 4.90 Å². The molecular weight excluding hydrogens is 448 g/mol. The Morgan fingerprint density at radius 2 is 1.75 bits per heavy atom. The summed E-state index contributed by atoms with van der Waals surface area (Å²) in [4.78, 5) is 12.4. The average molecular weight is 465 g/mol. The molecule has 0 spiro atoms. The van der Waals surface area contributed by atoms with E-state index in [1.54, 1.807) is 12.1 Å². The van der Waals surface area contributed by atoms with Crippen LogP contribution >= 0.6 is 15.9 Å². The number of nitriles is 1. The number of nitro benzene ring substituents is 1. The summed E-state index contributed by atoms with van der Waals surface area (Å²) in [6.07, 6.45) is 0. The van der Waals surface area contributed by atoms with Gasteiger partial charge in [0.2, 0.25) is 10.0 Å². The van der Waals surface area contributed by atoms with E-state index < -0.39 is 20.6 Å². The lowest BCUT2D eigenvalue weighted by molar-refractivity contribution is -0.387. The van der Waals surface area contributed by atoms with Crippen molar-refractivity contribution in [3.63, 3.8) is 0 Å². The fourth-order valence-corrected chi connectivity index (χ4v) is 4.97. The average Bonchev–Trinajstić information content (AvgIpc) is 2.68. The smallest absolute Gasteiger partial charge is 0.290 e. The zero-order valence-corrected chi connectivity index (χ0v) is 17.2. The Morgan fingerprint density at radius 3 is 2.32 bits per heavy atom. The molecule has 1 fully saturated rings. The number of rotatable bonds is 5. The summed E-state index contributed by atoms with van der Waals surface area (Å²) in [5.41, 5.74) is 1.20. The van der Waals surface area contributed by atoms with Crippen LogP contribution in [0.15, 0.2) is 51.8 Å². The molecule has 10 heteroatoms. The lowest BCUT2D eigenvalue weighted by atomic mass is 10.1. The van der Waals surface area contributed by atoms with Crippen LogP contribution in [0.4, 0.5) is 5.69 Å². The molecule has 0 amide bonds. The van der Waals surface area contributed by atoms with Crippen molar-refractivity contribution in [2.45, 2.75) is 11.4 Å². The van der Waals surface area contributed by atoms with Crippen molar-refractivity contribution in [2.75, 3.05) is 26.2 Å². The van der Waals surface area contributed by atoms with Gasteiger partial charge < -0.3 is 0 Å². The summed E-state index contributed by atoms with van der Waals surface area (Å²) >= 11 is 3.14. The third kappa shape index (κ3) is 4.39. The molecule has 0 radical (unpaired) electrons. The molecule has 8 nitrogen and oxygen atoms in total. The summed E-state index contributed by atoms with van der Waals surface area (Å²) in [7, 11) is -3.95. The molecule has 28 heavy (non-hydrogen) atoms. The number of piperazine rings is 1. The first-order valence-electron chi connectivity index (χ1n) is 8.47. The van der Waals surface area contributed by atoms with Gasteiger partial charge in [-0.05, 0) is 29.8 Å². The molecule has 0 atom stereocenters. The van der Waals surface area contributed by atoms with Crippen molar-refractivity contribution >= 4 is 31.6 Å². The molecule has 0 unspecified atom stereocenters. The standard InChI is InChI=1S/C18H17BrN4O4S/c19-16-5-6-18(17(11-16)23(24)25)28(26,27)22-9-7-21(8-10-22)13-15-3-1-14(12-20)2-4-15/h1-6,11H,7-10,13H2. The lowest BCUT2D eigenvalue weighted by Crippen LogP contribution is -2.48. The molecule has 0 aliphatic carbocycles. The summed E-state index contributed by atoms with van der Waals surface area (Å²) in [5.74, 6) is 0. The number of hydrogen-bond donors (Lipinski definition) is 0. The predicted molar refractivity (Wildman–Crippen MR) is 106 cm³/mol. The lowest BCUT2D eigenvalue weighted by Gasteiger charge is -2.33. The molecule has 146 valence electrons. The van der Waals surface area contributed by atoms with Crippen LogP contribution in [0, 0.1) is 21.4 Å². The molecular formula is C18H17BrN4O4S. The fraction of sp³-hybridized carbons (Fsp3) is 0.278. The number of nitro groups is 1.